The smallest absolute Gasteiger partial charge is 0.353 e. The number of pyridine rings is 1. The molecule has 3 heterocycles. The SMILES string of the molecule is CCc1c(N2CCN(CC(F)(F)F)C(C)C2)nc(-c2ccncc2)[nH]c1=O. The highest BCUT2D eigenvalue weighted by Crippen LogP contribution is 2.25. The van der Waals surface area contributed by atoms with Crippen LogP contribution in [0.1, 0.15) is 19.4 Å². The van der Waals surface area contributed by atoms with E-state index in [2.05, 4.69) is 15.0 Å². The van der Waals surface area contributed by atoms with E-state index in [-0.39, 0.29) is 18.1 Å². The minimum atomic E-state index is -4.22. The van der Waals surface area contributed by atoms with E-state index in [0.717, 1.165) is 5.56 Å². The maximum atomic E-state index is 12.7. The zero-order valence-corrected chi connectivity index (χ0v) is 15.3. The molecule has 1 atom stereocenters. The molecule has 6 nitrogen and oxygen atoms in total. The fraction of sp³-hybridized carbons (Fsp3) is 0.500. The number of nitrogens with one attached hydrogen (secondary N) is 1. The largest absolute Gasteiger partial charge is 0.401 e. The zero-order valence-electron chi connectivity index (χ0n) is 15.3. The van der Waals surface area contributed by atoms with Crippen molar-refractivity contribution in [2.75, 3.05) is 31.1 Å². The summed E-state index contributed by atoms with van der Waals surface area (Å²) in [6.45, 7) is 3.75. The van der Waals surface area contributed by atoms with Gasteiger partial charge in [-0.2, -0.15) is 13.2 Å². The Bertz CT molecular complexity index is 837. The average Bonchev–Trinajstić information content (AvgIpc) is 2.62. The predicted octanol–water partition coefficient (Wildman–Crippen LogP) is 2.47. The number of alkyl halides is 3. The van der Waals surface area contributed by atoms with Crippen molar-refractivity contribution < 1.29 is 13.2 Å². The Balaban J connectivity index is 1.90. The number of rotatable bonds is 4. The van der Waals surface area contributed by atoms with Crippen LogP contribution in [0.25, 0.3) is 11.4 Å². The summed E-state index contributed by atoms with van der Waals surface area (Å²) in [4.78, 5) is 27.3. The molecule has 9 heteroatoms. The number of piperazine rings is 1. The van der Waals surface area contributed by atoms with Crippen molar-refractivity contribution >= 4 is 5.82 Å². The highest BCUT2D eigenvalue weighted by molar-refractivity contribution is 5.58. The van der Waals surface area contributed by atoms with Gasteiger partial charge in [-0.15, -0.1) is 0 Å². The molecular weight excluding hydrogens is 359 g/mol. The highest BCUT2D eigenvalue weighted by atomic mass is 19.4. The standard InChI is InChI=1S/C18H22F3N5O/c1-3-14-16(23-15(24-17(14)27)13-4-6-22-7-5-13)25-8-9-26(12(2)10-25)11-18(19,20)21/h4-7,12H,3,8-11H2,1-2H3,(H,23,24,27). The van der Waals surface area contributed by atoms with E-state index in [1.54, 1.807) is 31.5 Å². The van der Waals surface area contributed by atoms with Crippen LogP contribution in [0.15, 0.2) is 29.3 Å². The lowest BCUT2D eigenvalue weighted by Gasteiger charge is -2.41. The van der Waals surface area contributed by atoms with Gasteiger partial charge in [0.15, 0.2) is 0 Å². The van der Waals surface area contributed by atoms with E-state index in [1.165, 1.54) is 4.90 Å². The quantitative estimate of drug-likeness (QED) is 0.882. The van der Waals surface area contributed by atoms with Crippen LogP contribution in [0.3, 0.4) is 0 Å². The van der Waals surface area contributed by atoms with Gasteiger partial charge < -0.3 is 9.88 Å². The molecule has 0 aromatic carbocycles. The lowest BCUT2D eigenvalue weighted by Crippen LogP contribution is -2.54. The molecule has 2 aromatic heterocycles. The van der Waals surface area contributed by atoms with Crippen molar-refractivity contribution in [2.45, 2.75) is 32.5 Å². The first-order valence-electron chi connectivity index (χ1n) is 8.88. The van der Waals surface area contributed by atoms with Crippen molar-refractivity contribution in [2.24, 2.45) is 0 Å². The molecule has 27 heavy (non-hydrogen) atoms. The molecule has 0 bridgehead atoms. The Hall–Kier alpha value is -2.42. The summed E-state index contributed by atoms with van der Waals surface area (Å²) >= 11 is 0. The number of nitrogens with zero attached hydrogens (tertiary/aromatic N) is 4. The number of anilines is 1. The van der Waals surface area contributed by atoms with Gasteiger partial charge in [-0.25, -0.2) is 4.98 Å². The molecule has 1 aliphatic heterocycles. The van der Waals surface area contributed by atoms with Crippen molar-refractivity contribution in [3.63, 3.8) is 0 Å². The summed E-state index contributed by atoms with van der Waals surface area (Å²) in [7, 11) is 0. The topological polar surface area (TPSA) is 65.1 Å². The Morgan fingerprint density at radius 3 is 2.56 bits per heavy atom. The van der Waals surface area contributed by atoms with Crippen LogP contribution in [0.4, 0.5) is 19.0 Å². The highest BCUT2D eigenvalue weighted by Gasteiger charge is 2.35. The number of hydrogen-bond donors (Lipinski definition) is 1. The fourth-order valence-corrected chi connectivity index (χ4v) is 3.37. The van der Waals surface area contributed by atoms with Gasteiger partial charge in [0.1, 0.15) is 11.6 Å². The first-order valence-corrected chi connectivity index (χ1v) is 8.88. The first-order chi connectivity index (χ1) is 12.8. The summed E-state index contributed by atoms with van der Waals surface area (Å²) in [5.41, 5.74) is 1.05. The van der Waals surface area contributed by atoms with E-state index in [0.29, 0.717) is 36.7 Å². The van der Waals surface area contributed by atoms with Crippen LogP contribution in [0.2, 0.25) is 0 Å². The van der Waals surface area contributed by atoms with Gasteiger partial charge in [-0.1, -0.05) is 6.92 Å². The zero-order chi connectivity index (χ0) is 19.6. The lowest BCUT2D eigenvalue weighted by atomic mass is 10.1. The Labute approximate surface area is 155 Å². The molecule has 1 N–H and O–H groups in total. The molecule has 1 fully saturated rings. The van der Waals surface area contributed by atoms with Crippen LogP contribution in [-0.4, -0.2) is 58.2 Å². The second-order valence-corrected chi connectivity index (χ2v) is 6.69. The van der Waals surface area contributed by atoms with E-state index in [1.807, 2.05) is 11.8 Å². The molecule has 0 saturated carbocycles. The Morgan fingerprint density at radius 2 is 1.96 bits per heavy atom. The van der Waals surface area contributed by atoms with Gasteiger partial charge in [-0.05, 0) is 25.5 Å². The first kappa shape index (κ1) is 19.3. The van der Waals surface area contributed by atoms with Crippen LogP contribution in [0, 0.1) is 0 Å². The molecule has 0 aliphatic carbocycles. The minimum Gasteiger partial charge on any atom is -0.353 e. The van der Waals surface area contributed by atoms with Crippen molar-refractivity contribution in [1.82, 2.24) is 19.9 Å². The molecule has 0 radical (unpaired) electrons. The van der Waals surface area contributed by atoms with E-state index in [9.17, 15) is 18.0 Å². The third-order valence-corrected chi connectivity index (χ3v) is 4.75. The number of aromatic nitrogens is 3. The fourth-order valence-electron chi connectivity index (χ4n) is 3.37. The molecule has 1 saturated heterocycles. The monoisotopic (exact) mass is 381 g/mol. The van der Waals surface area contributed by atoms with Gasteiger partial charge in [0.05, 0.1) is 12.1 Å². The molecule has 0 spiro atoms. The van der Waals surface area contributed by atoms with Crippen molar-refractivity contribution in [3.8, 4) is 11.4 Å². The number of halogens is 3. The van der Waals surface area contributed by atoms with Gasteiger partial charge in [0.2, 0.25) is 0 Å². The van der Waals surface area contributed by atoms with Crippen LogP contribution in [-0.2, 0) is 6.42 Å². The van der Waals surface area contributed by atoms with Crippen LogP contribution in [0.5, 0.6) is 0 Å². The van der Waals surface area contributed by atoms with Crippen LogP contribution >= 0.6 is 0 Å². The van der Waals surface area contributed by atoms with Gasteiger partial charge in [0, 0.05) is 43.6 Å². The normalized spacial score (nSPS) is 18.7. The molecule has 0 amide bonds. The van der Waals surface area contributed by atoms with E-state index >= 15 is 0 Å². The van der Waals surface area contributed by atoms with Gasteiger partial charge in [0.25, 0.3) is 5.56 Å². The second-order valence-electron chi connectivity index (χ2n) is 6.69. The van der Waals surface area contributed by atoms with E-state index in [4.69, 9.17) is 0 Å². The van der Waals surface area contributed by atoms with Crippen molar-refractivity contribution in [1.29, 1.82) is 0 Å². The second kappa shape index (κ2) is 7.67. The predicted molar refractivity (Wildman–Crippen MR) is 96.8 cm³/mol. The maximum absolute atomic E-state index is 12.7. The number of hydrogen-bond acceptors (Lipinski definition) is 5. The molecule has 1 unspecified atom stereocenters. The minimum absolute atomic E-state index is 0.223. The summed E-state index contributed by atoms with van der Waals surface area (Å²) in [5.74, 6) is 0.978. The van der Waals surface area contributed by atoms with Gasteiger partial charge in [-0.3, -0.25) is 14.7 Å². The number of H-pyrrole nitrogens is 1. The molecule has 2 aromatic rings. The molecule has 1 aliphatic rings. The summed E-state index contributed by atoms with van der Waals surface area (Å²) < 4.78 is 38.2. The third-order valence-electron chi connectivity index (χ3n) is 4.75. The van der Waals surface area contributed by atoms with Crippen molar-refractivity contribution in [3.05, 3.63) is 40.4 Å². The Morgan fingerprint density at radius 1 is 1.26 bits per heavy atom. The van der Waals surface area contributed by atoms with E-state index < -0.39 is 12.7 Å². The molecular formula is C18H22F3N5O. The third kappa shape index (κ3) is 4.47. The summed E-state index contributed by atoms with van der Waals surface area (Å²) in [6.07, 6.45) is -0.505. The summed E-state index contributed by atoms with van der Waals surface area (Å²) in [5, 5.41) is 0. The molecule has 146 valence electrons. The number of aromatic amines is 1. The molecule has 3 rings (SSSR count). The Kier molecular flexibility index (Phi) is 5.50. The summed E-state index contributed by atoms with van der Waals surface area (Å²) in [6, 6.07) is 3.20. The van der Waals surface area contributed by atoms with Crippen LogP contribution < -0.4 is 10.5 Å². The lowest BCUT2D eigenvalue weighted by molar-refractivity contribution is -0.150. The maximum Gasteiger partial charge on any atom is 0.401 e. The van der Waals surface area contributed by atoms with Gasteiger partial charge >= 0.3 is 6.18 Å². The average molecular weight is 381 g/mol.